The van der Waals surface area contributed by atoms with E-state index < -0.39 is 10.0 Å². The van der Waals surface area contributed by atoms with Gasteiger partial charge in [-0.2, -0.15) is 0 Å². The Balaban J connectivity index is 1.88. The van der Waals surface area contributed by atoms with Gasteiger partial charge in [0.2, 0.25) is 0 Å². The van der Waals surface area contributed by atoms with Crippen molar-refractivity contribution < 1.29 is 8.42 Å². The van der Waals surface area contributed by atoms with Gasteiger partial charge in [-0.05, 0) is 48.1 Å². The predicted octanol–water partition coefficient (Wildman–Crippen LogP) is 3.36. The quantitative estimate of drug-likeness (QED) is 0.724. The Kier molecular flexibility index (Phi) is 2.99. The third-order valence-electron chi connectivity index (χ3n) is 3.89. The maximum absolute atomic E-state index is 12.8. The third-order valence-corrected chi connectivity index (χ3v) is 7.05. The molecule has 0 N–H and O–H groups in total. The monoisotopic (exact) mass is 330 g/mol. The van der Waals surface area contributed by atoms with E-state index in [-0.39, 0.29) is 0 Å². The van der Waals surface area contributed by atoms with Crippen molar-refractivity contribution in [2.75, 3.05) is 10.8 Å². The summed E-state index contributed by atoms with van der Waals surface area (Å²) in [5.74, 6) is 0.575. The second kappa shape index (κ2) is 4.79. The Labute approximate surface area is 133 Å². The lowest BCUT2D eigenvalue weighted by atomic mass is 10.1. The molecule has 0 amide bonds. The van der Waals surface area contributed by atoms with Crippen molar-refractivity contribution in [2.45, 2.75) is 17.6 Å². The highest BCUT2D eigenvalue weighted by Crippen LogP contribution is 2.34. The second-order valence-electron chi connectivity index (χ2n) is 5.43. The largest absolute Gasteiger partial charge is 0.275 e. The number of hydrogen-bond donors (Lipinski definition) is 0. The molecule has 0 aliphatic carbocycles. The zero-order valence-corrected chi connectivity index (χ0v) is 13.6. The van der Waals surface area contributed by atoms with Crippen LogP contribution in [0.15, 0.2) is 46.0 Å². The minimum atomic E-state index is -3.50. The first-order valence-corrected chi connectivity index (χ1v) is 9.34. The molecule has 0 spiro atoms. The molecular formula is C16H14N2O2S2. The van der Waals surface area contributed by atoms with Gasteiger partial charge in [0, 0.05) is 11.9 Å². The third kappa shape index (κ3) is 2.02. The topological polar surface area (TPSA) is 50.3 Å². The summed E-state index contributed by atoms with van der Waals surface area (Å²) in [5, 5.41) is 2.83. The minimum Gasteiger partial charge on any atom is -0.249 e. The molecule has 0 atom stereocenters. The maximum atomic E-state index is 12.8. The first-order valence-electron chi connectivity index (χ1n) is 7.02. The van der Waals surface area contributed by atoms with Gasteiger partial charge < -0.3 is 0 Å². The lowest BCUT2D eigenvalue weighted by molar-refractivity contribution is 0.594. The molecule has 6 heteroatoms. The van der Waals surface area contributed by atoms with Crippen LogP contribution < -0.4 is 4.31 Å². The van der Waals surface area contributed by atoms with E-state index in [4.69, 9.17) is 0 Å². The molecule has 0 fully saturated rings. The zero-order chi connectivity index (χ0) is 15.3. The van der Waals surface area contributed by atoms with Crippen LogP contribution in [0.25, 0.3) is 10.9 Å². The number of rotatable bonds is 2. The Hall–Kier alpha value is -1.92. The SMILES string of the molecule is Cc1ccc2cc3c(nc2c1)N(S(=O)(=O)c1cccs1)CC3. The fourth-order valence-electron chi connectivity index (χ4n) is 2.79. The maximum Gasteiger partial charge on any atom is 0.275 e. The van der Waals surface area contributed by atoms with Gasteiger partial charge in [-0.1, -0.05) is 18.2 Å². The predicted molar refractivity (Wildman–Crippen MR) is 89.0 cm³/mol. The summed E-state index contributed by atoms with van der Waals surface area (Å²) in [6, 6.07) is 11.5. The smallest absolute Gasteiger partial charge is 0.249 e. The van der Waals surface area contributed by atoms with E-state index in [9.17, 15) is 8.42 Å². The van der Waals surface area contributed by atoms with E-state index >= 15 is 0 Å². The molecule has 2 aromatic heterocycles. The van der Waals surface area contributed by atoms with Gasteiger partial charge in [0.05, 0.1) is 5.52 Å². The summed E-state index contributed by atoms with van der Waals surface area (Å²) in [6.45, 7) is 2.46. The molecule has 0 bridgehead atoms. The molecule has 3 heterocycles. The first kappa shape index (κ1) is 13.7. The molecular weight excluding hydrogens is 316 g/mol. The fraction of sp³-hybridized carbons (Fsp3) is 0.188. The molecule has 0 radical (unpaired) electrons. The van der Waals surface area contributed by atoms with Crippen LogP contribution in [0.1, 0.15) is 11.1 Å². The van der Waals surface area contributed by atoms with E-state index in [1.54, 1.807) is 17.5 Å². The zero-order valence-electron chi connectivity index (χ0n) is 12.0. The number of aryl methyl sites for hydroxylation is 1. The van der Waals surface area contributed by atoms with Gasteiger partial charge in [0.1, 0.15) is 10.0 Å². The number of thiophene rings is 1. The number of anilines is 1. The van der Waals surface area contributed by atoms with Crippen LogP contribution in [0, 0.1) is 6.92 Å². The molecule has 0 saturated carbocycles. The normalized spacial score (nSPS) is 14.5. The van der Waals surface area contributed by atoms with Crippen molar-refractivity contribution in [2.24, 2.45) is 0 Å². The van der Waals surface area contributed by atoms with Crippen molar-refractivity contribution in [3.63, 3.8) is 0 Å². The van der Waals surface area contributed by atoms with Crippen molar-refractivity contribution in [3.8, 4) is 0 Å². The van der Waals surface area contributed by atoms with Crippen molar-refractivity contribution in [1.82, 2.24) is 4.98 Å². The van der Waals surface area contributed by atoms with Gasteiger partial charge >= 0.3 is 0 Å². The Morgan fingerprint density at radius 2 is 2.09 bits per heavy atom. The van der Waals surface area contributed by atoms with Crippen LogP contribution >= 0.6 is 11.3 Å². The lowest BCUT2D eigenvalue weighted by Crippen LogP contribution is -2.29. The number of fused-ring (bicyclic) bond motifs is 2. The van der Waals surface area contributed by atoms with Gasteiger partial charge in [-0.25, -0.2) is 17.7 Å². The number of sulfonamides is 1. The van der Waals surface area contributed by atoms with Crippen LogP contribution in [0.2, 0.25) is 0 Å². The highest BCUT2D eigenvalue weighted by atomic mass is 32.2. The Morgan fingerprint density at radius 3 is 2.86 bits per heavy atom. The summed E-state index contributed by atoms with van der Waals surface area (Å²) in [4.78, 5) is 4.63. The van der Waals surface area contributed by atoms with Crippen LogP contribution in [0.3, 0.4) is 0 Å². The van der Waals surface area contributed by atoms with Crippen molar-refractivity contribution in [1.29, 1.82) is 0 Å². The van der Waals surface area contributed by atoms with Crippen molar-refractivity contribution >= 4 is 38.1 Å². The number of nitrogens with zero attached hydrogens (tertiary/aromatic N) is 2. The van der Waals surface area contributed by atoms with Gasteiger partial charge in [0.25, 0.3) is 10.0 Å². The molecule has 3 aromatic rings. The molecule has 4 nitrogen and oxygen atoms in total. The summed E-state index contributed by atoms with van der Waals surface area (Å²) in [6.07, 6.45) is 0.705. The van der Waals surface area contributed by atoms with E-state index in [2.05, 4.69) is 11.1 Å². The second-order valence-corrected chi connectivity index (χ2v) is 8.46. The number of pyridine rings is 1. The molecule has 1 aliphatic heterocycles. The van der Waals surface area contributed by atoms with Crippen molar-refractivity contribution in [3.05, 3.63) is 52.9 Å². The molecule has 112 valence electrons. The molecule has 0 saturated heterocycles. The Bertz CT molecular complexity index is 963. The van der Waals surface area contributed by atoms with Gasteiger partial charge in [-0.15, -0.1) is 11.3 Å². The summed E-state index contributed by atoms with van der Waals surface area (Å²) >= 11 is 1.24. The first-order chi connectivity index (χ1) is 10.6. The van der Waals surface area contributed by atoms with Crippen LogP contribution in [0.4, 0.5) is 5.82 Å². The number of hydrogen-bond acceptors (Lipinski definition) is 4. The number of benzene rings is 1. The highest BCUT2D eigenvalue weighted by molar-refractivity contribution is 7.94. The van der Waals surface area contributed by atoms with Crippen LogP contribution in [-0.2, 0) is 16.4 Å². The van der Waals surface area contributed by atoms with Crippen LogP contribution in [-0.4, -0.2) is 19.9 Å². The molecule has 22 heavy (non-hydrogen) atoms. The average molecular weight is 330 g/mol. The summed E-state index contributed by atoms with van der Waals surface area (Å²) < 4.78 is 27.3. The van der Waals surface area contributed by atoms with E-state index in [1.807, 2.05) is 25.1 Å². The molecule has 0 unspecified atom stereocenters. The highest BCUT2D eigenvalue weighted by Gasteiger charge is 2.33. The average Bonchev–Trinajstić information content (AvgIpc) is 3.14. The minimum absolute atomic E-state index is 0.367. The van der Waals surface area contributed by atoms with E-state index in [1.165, 1.54) is 15.6 Å². The van der Waals surface area contributed by atoms with E-state index in [0.717, 1.165) is 22.0 Å². The standard InChI is InChI=1S/C16H14N2O2S2/c1-11-4-5-12-10-13-6-7-18(16(13)17-14(12)9-11)22(19,20)15-3-2-8-21-15/h2-5,8-10H,6-7H2,1H3. The Morgan fingerprint density at radius 1 is 1.23 bits per heavy atom. The summed E-state index contributed by atoms with van der Waals surface area (Å²) in [5.41, 5.74) is 2.95. The fourth-order valence-corrected chi connectivity index (χ4v) is 5.35. The van der Waals surface area contributed by atoms with Gasteiger partial charge in [-0.3, -0.25) is 0 Å². The van der Waals surface area contributed by atoms with E-state index in [0.29, 0.717) is 23.0 Å². The van der Waals surface area contributed by atoms with Gasteiger partial charge in [0.15, 0.2) is 0 Å². The van der Waals surface area contributed by atoms with Crippen LogP contribution in [0.5, 0.6) is 0 Å². The molecule has 1 aromatic carbocycles. The molecule has 4 rings (SSSR count). The number of aromatic nitrogens is 1. The summed E-state index contributed by atoms with van der Waals surface area (Å²) in [7, 11) is -3.50. The lowest BCUT2D eigenvalue weighted by Gasteiger charge is -2.17. The molecule has 1 aliphatic rings.